The zero-order valence-corrected chi connectivity index (χ0v) is 18.6. The van der Waals surface area contributed by atoms with Crippen LogP contribution in [0, 0.1) is 17.8 Å². The van der Waals surface area contributed by atoms with Gasteiger partial charge < -0.3 is 5.32 Å². The average Bonchev–Trinajstić information content (AvgIpc) is 3.08. The molecule has 29 heavy (non-hydrogen) atoms. The topological polar surface area (TPSA) is 79.4 Å². The molecule has 9 heteroatoms. The second kappa shape index (κ2) is 8.34. The van der Waals surface area contributed by atoms with E-state index in [1.807, 2.05) is 29.6 Å². The van der Waals surface area contributed by atoms with E-state index in [0.29, 0.717) is 35.1 Å². The Morgan fingerprint density at radius 1 is 1.21 bits per heavy atom. The van der Waals surface area contributed by atoms with Crippen molar-refractivity contribution in [1.82, 2.24) is 9.29 Å². The Morgan fingerprint density at radius 3 is 2.55 bits per heavy atom. The van der Waals surface area contributed by atoms with E-state index >= 15 is 0 Å². The van der Waals surface area contributed by atoms with Crippen LogP contribution in [-0.4, -0.2) is 43.0 Å². The number of carbonyl (C=O) groups is 1. The fraction of sp³-hybridized carbons (Fsp3) is 0.500. The maximum absolute atomic E-state index is 12.6. The number of thiazole rings is 1. The zero-order valence-electron chi connectivity index (χ0n) is 16.2. The van der Waals surface area contributed by atoms with Crippen LogP contribution in [0.4, 0.5) is 5.13 Å². The largest absolute Gasteiger partial charge is 0.302 e. The first-order chi connectivity index (χ1) is 13.8. The number of benzene rings is 1. The third kappa shape index (κ3) is 4.66. The van der Waals surface area contributed by atoms with Gasteiger partial charge in [-0.3, -0.25) is 4.79 Å². The number of hydrogen-bond acceptors (Lipinski definition) is 5. The highest BCUT2D eigenvalue weighted by atomic mass is 35.5. The van der Waals surface area contributed by atoms with Crippen molar-refractivity contribution in [3.63, 3.8) is 0 Å². The number of aromatic nitrogens is 1. The molecule has 1 aromatic heterocycles. The van der Waals surface area contributed by atoms with Crippen LogP contribution in [0.25, 0.3) is 11.3 Å². The van der Waals surface area contributed by atoms with E-state index < -0.39 is 10.0 Å². The summed E-state index contributed by atoms with van der Waals surface area (Å²) in [6.07, 6.45) is 4.79. The molecule has 1 saturated heterocycles. The van der Waals surface area contributed by atoms with Gasteiger partial charge in [-0.2, -0.15) is 0 Å². The van der Waals surface area contributed by atoms with E-state index in [0.717, 1.165) is 36.9 Å². The summed E-state index contributed by atoms with van der Waals surface area (Å²) in [5, 5.41) is 6.07. The van der Waals surface area contributed by atoms with Gasteiger partial charge in [-0.1, -0.05) is 29.8 Å². The van der Waals surface area contributed by atoms with Crippen molar-refractivity contribution in [3.05, 3.63) is 34.7 Å². The van der Waals surface area contributed by atoms with Gasteiger partial charge in [0, 0.05) is 35.0 Å². The van der Waals surface area contributed by atoms with Crippen molar-refractivity contribution in [2.45, 2.75) is 25.7 Å². The Morgan fingerprint density at radius 2 is 1.90 bits per heavy atom. The van der Waals surface area contributed by atoms with Gasteiger partial charge in [0.1, 0.15) is 0 Å². The maximum Gasteiger partial charge on any atom is 0.229 e. The molecule has 0 atom stereocenters. The van der Waals surface area contributed by atoms with Crippen LogP contribution in [-0.2, 0) is 14.8 Å². The molecule has 1 aromatic carbocycles. The van der Waals surface area contributed by atoms with Crippen LogP contribution in [0.3, 0.4) is 0 Å². The average molecular weight is 454 g/mol. The number of halogens is 1. The van der Waals surface area contributed by atoms with Crippen molar-refractivity contribution < 1.29 is 13.2 Å². The van der Waals surface area contributed by atoms with E-state index in [1.54, 1.807) is 4.31 Å². The third-order valence-electron chi connectivity index (χ3n) is 6.06. The van der Waals surface area contributed by atoms with Crippen LogP contribution in [0.1, 0.15) is 25.7 Å². The number of piperidine rings is 1. The molecule has 1 saturated carbocycles. The molecule has 4 rings (SSSR count). The lowest BCUT2D eigenvalue weighted by Gasteiger charge is -2.42. The first-order valence-electron chi connectivity index (χ1n) is 9.77. The summed E-state index contributed by atoms with van der Waals surface area (Å²) in [5.74, 6) is 1.07. The van der Waals surface area contributed by atoms with Gasteiger partial charge in [-0.05, 0) is 43.6 Å². The van der Waals surface area contributed by atoms with Crippen LogP contribution in [0.5, 0.6) is 0 Å². The summed E-state index contributed by atoms with van der Waals surface area (Å²) in [6, 6.07) is 7.52. The Bertz CT molecular complexity index is 994. The molecule has 0 radical (unpaired) electrons. The van der Waals surface area contributed by atoms with Crippen molar-refractivity contribution in [1.29, 1.82) is 0 Å². The van der Waals surface area contributed by atoms with E-state index in [1.165, 1.54) is 17.6 Å². The second-order valence-electron chi connectivity index (χ2n) is 7.93. The summed E-state index contributed by atoms with van der Waals surface area (Å²) in [4.78, 5) is 17.1. The second-order valence-corrected chi connectivity index (χ2v) is 11.2. The number of nitrogens with zero attached hydrogens (tertiary/aromatic N) is 2. The summed E-state index contributed by atoms with van der Waals surface area (Å²) in [7, 11) is -3.09. The molecule has 156 valence electrons. The molecule has 0 unspecified atom stereocenters. The number of amides is 1. The zero-order chi connectivity index (χ0) is 20.6. The van der Waals surface area contributed by atoms with Gasteiger partial charge in [0.05, 0.1) is 11.9 Å². The van der Waals surface area contributed by atoms with Crippen LogP contribution in [0.15, 0.2) is 29.6 Å². The molecule has 1 aliphatic carbocycles. The number of hydrogen-bond donors (Lipinski definition) is 1. The predicted molar refractivity (Wildman–Crippen MR) is 117 cm³/mol. The Kier molecular flexibility index (Phi) is 5.97. The minimum absolute atomic E-state index is 0.0144. The smallest absolute Gasteiger partial charge is 0.229 e. The minimum Gasteiger partial charge on any atom is -0.302 e. The molecule has 1 aliphatic heterocycles. The molecule has 2 aromatic rings. The van der Waals surface area contributed by atoms with Crippen LogP contribution >= 0.6 is 22.9 Å². The monoisotopic (exact) mass is 453 g/mol. The molecule has 1 N–H and O–H groups in total. The Labute approximate surface area is 180 Å². The van der Waals surface area contributed by atoms with Gasteiger partial charge in [0.25, 0.3) is 0 Å². The molecule has 0 bridgehead atoms. The molecular formula is C20H24ClN3O3S2. The molecule has 0 spiro atoms. The lowest BCUT2D eigenvalue weighted by atomic mass is 9.66. The third-order valence-corrected chi connectivity index (χ3v) is 8.45. The molecule has 1 amide bonds. The Hall–Kier alpha value is -1.48. The number of carbonyl (C=O) groups excluding carboxylic acids is 1. The van der Waals surface area contributed by atoms with Gasteiger partial charge in [-0.15, -0.1) is 11.3 Å². The highest BCUT2D eigenvalue weighted by Crippen LogP contribution is 2.43. The highest BCUT2D eigenvalue weighted by molar-refractivity contribution is 7.88. The first kappa shape index (κ1) is 20.8. The fourth-order valence-corrected chi connectivity index (χ4v) is 6.09. The standard InChI is InChI=1S/C20H24ClN3O3S2/c1-29(26,27)24-8-6-13(7-9-24)14-10-15(11-14)19(25)23-20-22-18(12-28-20)16-4-2-3-5-17(16)21/h2-5,12-15H,6-11H2,1H3,(H,22,23,25). The van der Waals surface area contributed by atoms with E-state index in [2.05, 4.69) is 10.3 Å². The fourth-order valence-electron chi connectivity index (χ4n) is 4.27. The molecule has 2 heterocycles. The van der Waals surface area contributed by atoms with E-state index in [-0.39, 0.29) is 11.8 Å². The van der Waals surface area contributed by atoms with Gasteiger partial charge in [-0.25, -0.2) is 17.7 Å². The number of anilines is 1. The first-order valence-corrected chi connectivity index (χ1v) is 12.9. The van der Waals surface area contributed by atoms with Gasteiger partial charge in [0.2, 0.25) is 15.9 Å². The van der Waals surface area contributed by atoms with Crippen molar-refractivity contribution in [3.8, 4) is 11.3 Å². The van der Waals surface area contributed by atoms with Crippen LogP contribution < -0.4 is 5.32 Å². The SMILES string of the molecule is CS(=O)(=O)N1CCC(C2CC(C(=O)Nc3nc(-c4ccccc4Cl)cs3)C2)CC1. The number of rotatable bonds is 5. The summed E-state index contributed by atoms with van der Waals surface area (Å²) in [5.41, 5.74) is 1.62. The van der Waals surface area contributed by atoms with Gasteiger partial charge in [0.15, 0.2) is 5.13 Å². The van der Waals surface area contributed by atoms with Crippen LogP contribution in [0.2, 0.25) is 5.02 Å². The quantitative estimate of drug-likeness (QED) is 0.739. The lowest BCUT2D eigenvalue weighted by Crippen LogP contribution is -2.44. The van der Waals surface area contributed by atoms with Crippen molar-refractivity contribution in [2.24, 2.45) is 17.8 Å². The molecule has 6 nitrogen and oxygen atoms in total. The summed E-state index contributed by atoms with van der Waals surface area (Å²) in [6.45, 7) is 1.20. The summed E-state index contributed by atoms with van der Waals surface area (Å²) < 4.78 is 24.8. The summed E-state index contributed by atoms with van der Waals surface area (Å²) >= 11 is 7.62. The predicted octanol–water partition coefficient (Wildman–Crippen LogP) is 4.10. The lowest BCUT2D eigenvalue weighted by molar-refractivity contribution is -0.124. The van der Waals surface area contributed by atoms with Gasteiger partial charge >= 0.3 is 0 Å². The minimum atomic E-state index is -3.09. The van der Waals surface area contributed by atoms with Crippen molar-refractivity contribution in [2.75, 3.05) is 24.7 Å². The van der Waals surface area contributed by atoms with E-state index in [9.17, 15) is 13.2 Å². The van der Waals surface area contributed by atoms with Crippen molar-refractivity contribution >= 4 is 44.0 Å². The molecule has 2 fully saturated rings. The number of nitrogens with one attached hydrogen (secondary N) is 1. The highest BCUT2D eigenvalue weighted by Gasteiger charge is 2.40. The normalized spacial score (nSPS) is 23.5. The van der Waals surface area contributed by atoms with E-state index in [4.69, 9.17) is 11.6 Å². The maximum atomic E-state index is 12.6. The Balaban J connectivity index is 1.27. The number of sulfonamides is 1. The molecular weight excluding hydrogens is 430 g/mol. The molecule has 2 aliphatic rings.